The van der Waals surface area contributed by atoms with Gasteiger partial charge < -0.3 is 4.74 Å². The summed E-state index contributed by atoms with van der Waals surface area (Å²) in [6, 6.07) is 3.12. The third-order valence-electron chi connectivity index (χ3n) is 2.39. The Hall–Kier alpha value is -1.01. The molecule has 0 saturated heterocycles. The first-order valence-corrected chi connectivity index (χ1v) is 6.73. The largest absolute Gasteiger partial charge is 0.496 e. The lowest BCUT2D eigenvalue weighted by Gasteiger charge is -2.09. The van der Waals surface area contributed by atoms with Gasteiger partial charge in [-0.05, 0) is 12.1 Å². The topological polar surface area (TPSA) is 9.23 Å². The summed E-state index contributed by atoms with van der Waals surface area (Å²) in [6.45, 7) is 0. The van der Waals surface area contributed by atoms with E-state index in [2.05, 4.69) is 15.9 Å². The highest BCUT2D eigenvalue weighted by Gasteiger charge is 2.19. The Morgan fingerprint density at radius 2 is 1.78 bits per heavy atom. The van der Waals surface area contributed by atoms with Crippen molar-refractivity contribution in [1.82, 2.24) is 0 Å². The maximum atomic E-state index is 13.6. The molecule has 96 valence electrons. The lowest BCUT2D eigenvalue weighted by Crippen LogP contribution is -1.98. The second kappa shape index (κ2) is 5.32. The maximum Gasteiger partial charge on any atom is 0.161 e. The summed E-state index contributed by atoms with van der Waals surface area (Å²) in [4.78, 5) is 0.207. The van der Waals surface area contributed by atoms with Crippen molar-refractivity contribution >= 4 is 27.3 Å². The summed E-state index contributed by atoms with van der Waals surface area (Å²) >= 11 is 4.61. The van der Waals surface area contributed by atoms with E-state index in [4.69, 9.17) is 4.74 Å². The number of rotatable bonds is 3. The van der Waals surface area contributed by atoms with E-state index in [1.165, 1.54) is 18.4 Å². The molecule has 0 N–H and O–H groups in total. The number of alkyl halides is 1. The molecule has 1 atom stereocenters. The second-order valence-electron chi connectivity index (χ2n) is 3.54. The zero-order valence-corrected chi connectivity index (χ0v) is 11.6. The third kappa shape index (κ3) is 2.54. The number of halogens is 4. The molecule has 1 aromatic carbocycles. The molecule has 0 amide bonds. The number of hydrogen-bond acceptors (Lipinski definition) is 2. The van der Waals surface area contributed by atoms with Gasteiger partial charge in [-0.15, -0.1) is 11.3 Å². The van der Waals surface area contributed by atoms with Crippen LogP contribution in [0.5, 0.6) is 5.75 Å². The summed E-state index contributed by atoms with van der Waals surface area (Å²) in [6.07, 6.45) is 0. The molecule has 6 heteroatoms. The number of ether oxygens (including phenoxy) is 1. The molecule has 1 heterocycles. The average Bonchev–Trinajstić information content (AvgIpc) is 2.81. The van der Waals surface area contributed by atoms with Crippen LogP contribution in [0.1, 0.15) is 15.3 Å². The molecular weight excluding hydrogens is 329 g/mol. The molecule has 0 aliphatic carbocycles. The zero-order chi connectivity index (χ0) is 13.3. The van der Waals surface area contributed by atoms with Crippen molar-refractivity contribution in [2.24, 2.45) is 0 Å². The highest BCUT2D eigenvalue weighted by atomic mass is 79.9. The Morgan fingerprint density at radius 3 is 2.39 bits per heavy atom. The molecule has 18 heavy (non-hydrogen) atoms. The second-order valence-corrected chi connectivity index (χ2v) is 5.40. The minimum absolute atomic E-state index is 0.0541. The SMILES string of the molecule is COc1csc(C(Br)c2cc(F)c(F)cc2F)c1. The molecule has 1 unspecified atom stereocenters. The predicted molar refractivity (Wildman–Crippen MR) is 68.0 cm³/mol. The van der Waals surface area contributed by atoms with Crippen molar-refractivity contribution in [2.75, 3.05) is 7.11 Å². The normalized spacial score (nSPS) is 12.5. The maximum absolute atomic E-state index is 13.6. The molecule has 0 aliphatic heterocycles. The smallest absolute Gasteiger partial charge is 0.161 e. The van der Waals surface area contributed by atoms with Crippen LogP contribution in [0.3, 0.4) is 0 Å². The van der Waals surface area contributed by atoms with Crippen LogP contribution in [0, 0.1) is 17.5 Å². The highest BCUT2D eigenvalue weighted by Crippen LogP contribution is 2.38. The van der Waals surface area contributed by atoms with Gasteiger partial charge in [0.2, 0.25) is 0 Å². The molecule has 2 rings (SSSR count). The summed E-state index contributed by atoms with van der Waals surface area (Å²) in [5, 5.41) is 1.75. The fourth-order valence-electron chi connectivity index (χ4n) is 1.46. The van der Waals surface area contributed by atoms with Gasteiger partial charge in [0, 0.05) is 21.9 Å². The summed E-state index contributed by atoms with van der Waals surface area (Å²) in [5.74, 6) is -2.41. The van der Waals surface area contributed by atoms with E-state index in [9.17, 15) is 13.2 Å². The standard InChI is InChI=1S/C12H8BrF3OS/c1-17-6-2-11(18-5-6)12(13)7-3-9(15)10(16)4-8(7)14/h2-5,12H,1H3. The van der Waals surface area contributed by atoms with E-state index < -0.39 is 22.3 Å². The molecular formula is C12H8BrF3OS. The van der Waals surface area contributed by atoms with Crippen LogP contribution < -0.4 is 4.74 Å². The first-order chi connectivity index (χ1) is 8.52. The zero-order valence-electron chi connectivity index (χ0n) is 9.22. The van der Waals surface area contributed by atoms with Crippen LogP contribution in [0.2, 0.25) is 0 Å². The average molecular weight is 337 g/mol. The lowest BCUT2D eigenvalue weighted by molar-refractivity contribution is 0.416. The monoisotopic (exact) mass is 336 g/mol. The molecule has 1 aromatic heterocycles. The molecule has 0 bridgehead atoms. The van der Waals surface area contributed by atoms with E-state index in [0.29, 0.717) is 11.8 Å². The predicted octanol–water partition coefficient (Wildman–Crippen LogP) is 4.66. The van der Waals surface area contributed by atoms with Crippen LogP contribution in [0.25, 0.3) is 0 Å². The van der Waals surface area contributed by atoms with E-state index in [-0.39, 0.29) is 5.56 Å². The van der Waals surface area contributed by atoms with Gasteiger partial charge in [-0.1, -0.05) is 15.9 Å². The Bertz CT molecular complexity index is 570. The van der Waals surface area contributed by atoms with Crippen molar-refractivity contribution in [2.45, 2.75) is 4.83 Å². The number of hydrogen-bond donors (Lipinski definition) is 0. The molecule has 1 nitrogen and oxygen atoms in total. The van der Waals surface area contributed by atoms with Gasteiger partial charge in [0.05, 0.1) is 11.9 Å². The number of benzene rings is 1. The van der Waals surface area contributed by atoms with E-state index in [1.807, 2.05) is 0 Å². The quantitative estimate of drug-likeness (QED) is 0.585. The van der Waals surface area contributed by atoms with Crippen LogP contribution in [0.4, 0.5) is 13.2 Å². The van der Waals surface area contributed by atoms with Gasteiger partial charge in [-0.2, -0.15) is 0 Å². The van der Waals surface area contributed by atoms with Crippen LogP contribution in [-0.4, -0.2) is 7.11 Å². The van der Waals surface area contributed by atoms with Gasteiger partial charge in [0.1, 0.15) is 11.6 Å². The lowest BCUT2D eigenvalue weighted by atomic mass is 10.1. The Balaban J connectivity index is 2.39. The third-order valence-corrected chi connectivity index (χ3v) is 4.66. The van der Waals surface area contributed by atoms with Crippen molar-refractivity contribution < 1.29 is 17.9 Å². The fourth-order valence-corrected chi connectivity index (χ4v) is 3.11. The van der Waals surface area contributed by atoms with Crippen LogP contribution in [0.15, 0.2) is 23.6 Å². The van der Waals surface area contributed by atoms with E-state index in [0.717, 1.165) is 10.9 Å². The molecule has 2 aromatic rings. The van der Waals surface area contributed by atoms with Gasteiger partial charge in [0.15, 0.2) is 11.6 Å². The summed E-state index contributed by atoms with van der Waals surface area (Å²) in [7, 11) is 1.52. The Kier molecular flexibility index (Phi) is 3.97. The molecule has 0 fully saturated rings. The summed E-state index contributed by atoms with van der Waals surface area (Å²) < 4.78 is 44.6. The van der Waals surface area contributed by atoms with Crippen LogP contribution in [-0.2, 0) is 0 Å². The fraction of sp³-hybridized carbons (Fsp3) is 0.167. The van der Waals surface area contributed by atoms with E-state index >= 15 is 0 Å². The number of thiophene rings is 1. The Labute approximate surface area is 114 Å². The minimum atomic E-state index is -1.19. The van der Waals surface area contributed by atoms with Crippen molar-refractivity contribution in [3.8, 4) is 5.75 Å². The molecule has 0 saturated carbocycles. The van der Waals surface area contributed by atoms with Gasteiger partial charge in [-0.3, -0.25) is 0 Å². The summed E-state index contributed by atoms with van der Waals surface area (Å²) in [5.41, 5.74) is 0.0541. The Morgan fingerprint density at radius 1 is 1.11 bits per heavy atom. The van der Waals surface area contributed by atoms with Crippen LogP contribution >= 0.6 is 27.3 Å². The first kappa shape index (κ1) is 13.4. The minimum Gasteiger partial charge on any atom is -0.496 e. The highest BCUT2D eigenvalue weighted by molar-refractivity contribution is 9.09. The number of methoxy groups -OCH3 is 1. The molecule has 0 aliphatic rings. The molecule has 0 spiro atoms. The van der Waals surface area contributed by atoms with Crippen molar-refractivity contribution in [3.63, 3.8) is 0 Å². The van der Waals surface area contributed by atoms with Gasteiger partial charge in [-0.25, -0.2) is 13.2 Å². The van der Waals surface area contributed by atoms with Gasteiger partial charge in [0.25, 0.3) is 0 Å². The van der Waals surface area contributed by atoms with E-state index in [1.54, 1.807) is 11.4 Å². The first-order valence-electron chi connectivity index (χ1n) is 4.94. The van der Waals surface area contributed by atoms with Gasteiger partial charge >= 0.3 is 0 Å². The van der Waals surface area contributed by atoms with Crippen molar-refractivity contribution in [1.29, 1.82) is 0 Å². The molecule has 0 radical (unpaired) electrons. The van der Waals surface area contributed by atoms with Crippen molar-refractivity contribution in [3.05, 3.63) is 51.5 Å².